The molecule has 1 aromatic carbocycles. The number of benzene rings is 1. The molecule has 1 saturated heterocycles. The quantitative estimate of drug-likeness (QED) is 0.521. The second-order valence-electron chi connectivity index (χ2n) is 7.59. The minimum Gasteiger partial charge on any atom is -0.481 e. The zero-order valence-corrected chi connectivity index (χ0v) is 17.2. The van der Waals surface area contributed by atoms with Gasteiger partial charge >= 0.3 is 5.97 Å². The number of rotatable bonds is 11. The molecule has 2 rings (SSSR count). The van der Waals surface area contributed by atoms with E-state index in [1.54, 1.807) is 19.9 Å². The van der Waals surface area contributed by atoms with Crippen molar-refractivity contribution in [2.45, 2.75) is 45.6 Å². The molecule has 0 radical (unpaired) electrons. The first kappa shape index (κ1) is 23.1. The van der Waals surface area contributed by atoms with Gasteiger partial charge in [0, 0.05) is 43.2 Å². The Morgan fingerprint density at radius 2 is 1.97 bits per heavy atom. The normalized spacial score (nSPS) is 14.4. The van der Waals surface area contributed by atoms with Gasteiger partial charge in [-0.2, -0.15) is 0 Å². The van der Waals surface area contributed by atoms with Crippen molar-refractivity contribution in [3.8, 4) is 0 Å². The number of aryl methyl sites for hydroxylation is 1. The SMILES string of the molecule is Cc1ccc(N2CC(CCC(=O)O)C2)cc1C(=O)N(C=O)C(C)CCC(=O)NC=O. The van der Waals surface area contributed by atoms with Crippen LogP contribution in [0.5, 0.6) is 0 Å². The Balaban J connectivity index is 2.04. The predicted octanol–water partition coefficient (Wildman–Crippen LogP) is 1.34. The molecular weight excluding hydrogens is 390 g/mol. The van der Waals surface area contributed by atoms with Gasteiger partial charge in [-0.15, -0.1) is 0 Å². The molecule has 9 nitrogen and oxygen atoms in total. The molecule has 0 aromatic heterocycles. The first-order valence-electron chi connectivity index (χ1n) is 9.85. The molecule has 1 aliphatic rings. The van der Waals surface area contributed by atoms with Crippen molar-refractivity contribution in [2.24, 2.45) is 5.92 Å². The van der Waals surface area contributed by atoms with Crippen LogP contribution in [0.4, 0.5) is 5.69 Å². The lowest BCUT2D eigenvalue weighted by atomic mass is 9.93. The van der Waals surface area contributed by atoms with Crippen LogP contribution >= 0.6 is 0 Å². The summed E-state index contributed by atoms with van der Waals surface area (Å²) in [5, 5.41) is 10.8. The van der Waals surface area contributed by atoms with E-state index in [9.17, 15) is 24.0 Å². The lowest BCUT2D eigenvalue weighted by molar-refractivity contribution is -0.137. The van der Waals surface area contributed by atoms with Crippen LogP contribution in [-0.4, -0.2) is 59.7 Å². The van der Waals surface area contributed by atoms with Crippen molar-refractivity contribution < 1.29 is 29.1 Å². The van der Waals surface area contributed by atoms with E-state index >= 15 is 0 Å². The van der Waals surface area contributed by atoms with Crippen LogP contribution < -0.4 is 10.2 Å². The minimum absolute atomic E-state index is 0.0159. The Morgan fingerprint density at radius 3 is 2.57 bits per heavy atom. The highest BCUT2D eigenvalue weighted by Gasteiger charge is 2.29. The summed E-state index contributed by atoms with van der Waals surface area (Å²) in [6.07, 6.45) is 1.78. The van der Waals surface area contributed by atoms with Crippen LogP contribution in [0.2, 0.25) is 0 Å². The number of hydrogen-bond donors (Lipinski definition) is 2. The van der Waals surface area contributed by atoms with Gasteiger partial charge in [-0.05, 0) is 50.3 Å². The Hall–Kier alpha value is -3.23. The summed E-state index contributed by atoms with van der Waals surface area (Å²) >= 11 is 0. The number of nitrogens with zero attached hydrogens (tertiary/aromatic N) is 2. The number of carboxylic acids is 1. The summed E-state index contributed by atoms with van der Waals surface area (Å²) in [5.74, 6) is -1.41. The number of amides is 4. The van der Waals surface area contributed by atoms with Crippen LogP contribution in [0.1, 0.15) is 48.5 Å². The van der Waals surface area contributed by atoms with Gasteiger partial charge in [-0.3, -0.25) is 34.2 Å². The fourth-order valence-electron chi connectivity index (χ4n) is 3.44. The van der Waals surface area contributed by atoms with Crippen LogP contribution in [0, 0.1) is 12.8 Å². The summed E-state index contributed by atoms with van der Waals surface area (Å²) in [7, 11) is 0. The number of nitrogens with one attached hydrogen (secondary N) is 1. The number of aliphatic carboxylic acids is 1. The van der Waals surface area contributed by atoms with Gasteiger partial charge < -0.3 is 10.0 Å². The molecule has 162 valence electrons. The number of carbonyl (C=O) groups is 5. The number of imide groups is 2. The standard InChI is InChI=1S/C21H27N3O6/c1-14-3-6-17(23-10-16(11-23)5-8-20(28)29)9-18(14)21(30)24(13-26)15(2)4-7-19(27)22-12-25/h3,6,9,12-13,15-16H,4-5,7-8,10-11H2,1-2H3,(H,28,29)(H,22,25,27). The first-order chi connectivity index (χ1) is 14.3. The molecule has 30 heavy (non-hydrogen) atoms. The second-order valence-corrected chi connectivity index (χ2v) is 7.59. The second kappa shape index (κ2) is 10.5. The molecule has 1 unspecified atom stereocenters. The maximum atomic E-state index is 13.0. The highest BCUT2D eigenvalue weighted by atomic mass is 16.4. The Morgan fingerprint density at radius 1 is 1.27 bits per heavy atom. The first-order valence-corrected chi connectivity index (χ1v) is 9.85. The summed E-state index contributed by atoms with van der Waals surface area (Å²) in [4.78, 5) is 60.2. The molecule has 0 saturated carbocycles. The molecule has 0 aliphatic carbocycles. The molecule has 0 bridgehead atoms. The third-order valence-corrected chi connectivity index (χ3v) is 5.37. The van der Waals surface area contributed by atoms with E-state index < -0.39 is 23.8 Å². The largest absolute Gasteiger partial charge is 0.481 e. The average molecular weight is 417 g/mol. The predicted molar refractivity (Wildman–Crippen MR) is 109 cm³/mol. The van der Waals surface area contributed by atoms with Gasteiger partial charge in [0.1, 0.15) is 0 Å². The van der Waals surface area contributed by atoms with Crippen LogP contribution in [0.15, 0.2) is 18.2 Å². The van der Waals surface area contributed by atoms with Crippen molar-refractivity contribution in [1.82, 2.24) is 10.2 Å². The van der Waals surface area contributed by atoms with Crippen LogP contribution in [-0.2, 0) is 19.2 Å². The fourth-order valence-corrected chi connectivity index (χ4v) is 3.44. The van der Waals surface area contributed by atoms with Crippen molar-refractivity contribution in [1.29, 1.82) is 0 Å². The van der Waals surface area contributed by atoms with E-state index in [0.29, 0.717) is 30.7 Å². The van der Waals surface area contributed by atoms with E-state index in [-0.39, 0.29) is 19.3 Å². The Labute approximate surface area is 175 Å². The maximum absolute atomic E-state index is 13.0. The van der Waals surface area contributed by atoms with Crippen molar-refractivity contribution in [2.75, 3.05) is 18.0 Å². The third-order valence-electron chi connectivity index (χ3n) is 5.37. The highest BCUT2D eigenvalue weighted by Crippen LogP contribution is 2.29. The van der Waals surface area contributed by atoms with E-state index in [0.717, 1.165) is 29.2 Å². The van der Waals surface area contributed by atoms with E-state index in [2.05, 4.69) is 4.90 Å². The number of carbonyl (C=O) groups excluding carboxylic acids is 4. The Bertz CT molecular complexity index is 819. The van der Waals surface area contributed by atoms with Crippen LogP contribution in [0.25, 0.3) is 0 Å². The zero-order valence-electron chi connectivity index (χ0n) is 17.2. The number of anilines is 1. The van der Waals surface area contributed by atoms with E-state index in [1.807, 2.05) is 17.4 Å². The summed E-state index contributed by atoms with van der Waals surface area (Å²) < 4.78 is 0. The van der Waals surface area contributed by atoms with Gasteiger partial charge in [-0.25, -0.2) is 0 Å². The highest BCUT2D eigenvalue weighted by molar-refractivity contribution is 6.02. The van der Waals surface area contributed by atoms with Gasteiger partial charge in [0.05, 0.1) is 0 Å². The molecule has 9 heteroatoms. The molecule has 1 heterocycles. The summed E-state index contributed by atoms with van der Waals surface area (Å²) in [5.41, 5.74) is 1.97. The molecule has 1 aromatic rings. The molecule has 1 atom stereocenters. The fraction of sp³-hybridized carbons (Fsp3) is 0.476. The van der Waals surface area contributed by atoms with Crippen LogP contribution in [0.3, 0.4) is 0 Å². The van der Waals surface area contributed by atoms with Crippen molar-refractivity contribution in [3.63, 3.8) is 0 Å². The van der Waals surface area contributed by atoms with Gasteiger partial charge in [0.15, 0.2) is 0 Å². The summed E-state index contributed by atoms with van der Waals surface area (Å²) in [6, 6.07) is 4.95. The molecule has 1 fully saturated rings. The number of hydrogen-bond acceptors (Lipinski definition) is 6. The third kappa shape index (κ3) is 5.88. The minimum atomic E-state index is -0.802. The smallest absolute Gasteiger partial charge is 0.303 e. The lowest BCUT2D eigenvalue weighted by Crippen LogP contribution is -2.47. The summed E-state index contributed by atoms with van der Waals surface area (Å²) in [6.45, 7) is 4.91. The lowest BCUT2D eigenvalue weighted by Gasteiger charge is -2.41. The van der Waals surface area contributed by atoms with E-state index in [1.165, 1.54) is 0 Å². The molecule has 4 amide bonds. The monoisotopic (exact) mass is 417 g/mol. The topological polar surface area (TPSA) is 124 Å². The molecule has 0 spiro atoms. The van der Waals surface area contributed by atoms with E-state index in [4.69, 9.17) is 5.11 Å². The van der Waals surface area contributed by atoms with Gasteiger partial charge in [0.2, 0.25) is 18.7 Å². The van der Waals surface area contributed by atoms with Gasteiger partial charge in [-0.1, -0.05) is 6.07 Å². The van der Waals surface area contributed by atoms with Gasteiger partial charge in [0.25, 0.3) is 5.91 Å². The molecular formula is C21H27N3O6. The molecule has 1 aliphatic heterocycles. The van der Waals surface area contributed by atoms with Crippen molar-refractivity contribution >= 4 is 36.3 Å². The van der Waals surface area contributed by atoms with Crippen molar-refractivity contribution in [3.05, 3.63) is 29.3 Å². The number of carboxylic acid groups (broad SMARTS) is 1. The Kier molecular flexibility index (Phi) is 8.08. The molecule has 2 N–H and O–H groups in total. The average Bonchev–Trinajstić information content (AvgIpc) is 2.66. The zero-order chi connectivity index (χ0) is 22.3. The maximum Gasteiger partial charge on any atom is 0.303 e.